The van der Waals surface area contributed by atoms with Gasteiger partial charge in [-0.05, 0) is 133 Å². The number of fused-ring (bicyclic) bond motifs is 8. The van der Waals surface area contributed by atoms with Crippen molar-refractivity contribution in [2.45, 2.75) is 39.2 Å². The number of nitrogens with one attached hydrogen (secondary N) is 1. The zero-order chi connectivity index (χ0) is 33.1. The second kappa shape index (κ2) is 11.6. The van der Waals surface area contributed by atoms with Crippen LogP contribution in [0.25, 0.3) is 71.7 Å². The Bertz CT molecular complexity index is 2610. The monoisotopic (exact) mass is 635 g/mol. The number of rotatable bonds is 7. The number of allylic oxidation sites excluding steroid dienone is 5. The molecule has 4 aromatic carbocycles. The van der Waals surface area contributed by atoms with Gasteiger partial charge in [-0.3, -0.25) is 9.98 Å². The van der Waals surface area contributed by atoms with Crippen LogP contribution in [0, 0.1) is 0 Å². The van der Waals surface area contributed by atoms with Gasteiger partial charge in [0.05, 0.1) is 22.4 Å². The van der Waals surface area contributed by atoms with Gasteiger partial charge in [-0.1, -0.05) is 43.0 Å². The van der Waals surface area contributed by atoms with Gasteiger partial charge in [-0.2, -0.15) is 0 Å². The average molecular weight is 636 g/mol. The highest BCUT2D eigenvalue weighted by atomic mass is 15.0. The lowest BCUT2D eigenvalue weighted by molar-refractivity contribution is 0.859. The number of pyridine rings is 1. The number of H-pyrrole nitrogens is 1. The fraction of sp³-hybridized carbons (Fsp3) is 0.136. The van der Waals surface area contributed by atoms with E-state index in [-0.39, 0.29) is 0 Å². The van der Waals surface area contributed by atoms with Crippen LogP contribution in [0.3, 0.4) is 0 Å². The van der Waals surface area contributed by atoms with Crippen molar-refractivity contribution in [1.82, 2.24) is 14.5 Å². The van der Waals surface area contributed by atoms with E-state index in [4.69, 9.17) is 5.73 Å². The van der Waals surface area contributed by atoms with E-state index in [1.54, 1.807) is 12.3 Å². The highest BCUT2D eigenvalue weighted by Gasteiger charge is 2.31. The van der Waals surface area contributed by atoms with Crippen LogP contribution in [-0.4, -0.2) is 20.7 Å². The Morgan fingerprint density at radius 3 is 2.53 bits per heavy atom. The summed E-state index contributed by atoms with van der Waals surface area (Å²) < 4.78 is 2.51. The van der Waals surface area contributed by atoms with Gasteiger partial charge in [-0.25, -0.2) is 0 Å². The smallest absolute Gasteiger partial charge is 0.0702 e. The molecule has 0 saturated heterocycles. The van der Waals surface area contributed by atoms with Gasteiger partial charge in [0, 0.05) is 62.7 Å². The maximum absolute atomic E-state index is 5.67. The number of benzene rings is 4. The van der Waals surface area contributed by atoms with Crippen LogP contribution < -0.4 is 5.73 Å². The van der Waals surface area contributed by atoms with Gasteiger partial charge in [0.1, 0.15) is 0 Å². The van der Waals surface area contributed by atoms with E-state index >= 15 is 0 Å². The number of aryl methyl sites for hydroxylation is 4. The fourth-order valence-corrected chi connectivity index (χ4v) is 8.42. The first-order valence-electron chi connectivity index (χ1n) is 17.2. The number of nitrogens with two attached hydrogens (primary N) is 1. The van der Waals surface area contributed by atoms with E-state index in [1.165, 1.54) is 77.0 Å². The topological polar surface area (TPSA) is 72.0 Å². The van der Waals surface area contributed by atoms with E-state index in [0.29, 0.717) is 0 Å². The molecule has 2 aliphatic rings. The van der Waals surface area contributed by atoms with Crippen molar-refractivity contribution >= 4 is 55.5 Å². The molecule has 0 saturated carbocycles. The van der Waals surface area contributed by atoms with Crippen LogP contribution in [-0.2, 0) is 32.2 Å². The average Bonchev–Trinajstić information content (AvgIpc) is 3.67. The van der Waals surface area contributed by atoms with Crippen molar-refractivity contribution in [2.75, 3.05) is 0 Å². The molecule has 5 nitrogen and oxygen atoms in total. The van der Waals surface area contributed by atoms with Crippen LogP contribution in [0.4, 0.5) is 0 Å². The molecule has 0 spiro atoms. The van der Waals surface area contributed by atoms with Crippen LogP contribution in [0.2, 0.25) is 0 Å². The molecule has 0 amide bonds. The predicted molar refractivity (Wildman–Crippen MR) is 207 cm³/mol. The second-order valence-corrected chi connectivity index (χ2v) is 13.0. The fourth-order valence-electron chi connectivity index (χ4n) is 8.42. The molecule has 0 unspecified atom stereocenters. The molecule has 5 heteroatoms. The van der Waals surface area contributed by atoms with Crippen LogP contribution in [0.15, 0.2) is 121 Å². The van der Waals surface area contributed by atoms with Crippen LogP contribution in [0.5, 0.6) is 0 Å². The molecule has 238 valence electrons. The maximum Gasteiger partial charge on any atom is 0.0702 e. The molecule has 49 heavy (non-hydrogen) atoms. The van der Waals surface area contributed by atoms with E-state index in [0.717, 1.165) is 54.7 Å². The molecular formula is C44H37N5. The first kappa shape index (κ1) is 29.2. The summed E-state index contributed by atoms with van der Waals surface area (Å²) >= 11 is 0. The summed E-state index contributed by atoms with van der Waals surface area (Å²) in [7, 11) is 0. The van der Waals surface area contributed by atoms with Gasteiger partial charge in [0.15, 0.2) is 0 Å². The Balaban J connectivity index is 1.28. The Labute approximate surface area is 285 Å². The summed E-state index contributed by atoms with van der Waals surface area (Å²) in [5.41, 5.74) is 23.7. The largest absolute Gasteiger partial charge is 0.405 e. The lowest BCUT2D eigenvalue weighted by Crippen LogP contribution is -2.15. The van der Waals surface area contributed by atoms with Crippen molar-refractivity contribution in [3.8, 4) is 22.4 Å². The van der Waals surface area contributed by atoms with Crippen LogP contribution >= 0.6 is 0 Å². The third-order valence-corrected chi connectivity index (χ3v) is 10.4. The minimum atomic E-state index is 0.770. The van der Waals surface area contributed by atoms with Gasteiger partial charge in [-0.15, -0.1) is 0 Å². The minimum absolute atomic E-state index is 0.770. The Morgan fingerprint density at radius 1 is 0.898 bits per heavy atom. The highest BCUT2D eigenvalue weighted by Crippen LogP contribution is 2.50. The summed E-state index contributed by atoms with van der Waals surface area (Å²) in [4.78, 5) is 13.1. The Morgan fingerprint density at radius 2 is 1.73 bits per heavy atom. The van der Waals surface area contributed by atoms with Crippen molar-refractivity contribution in [2.24, 2.45) is 10.7 Å². The van der Waals surface area contributed by atoms with Gasteiger partial charge < -0.3 is 15.3 Å². The van der Waals surface area contributed by atoms with E-state index in [2.05, 4.69) is 92.8 Å². The first-order chi connectivity index (χ1) is 24.2. The zero-order valence-corrected chi connectivity index (χ0v) is 27.6. The zero-order valence-electron chi connectivity index (χ0n) is 27.6. The molecule has 3 N–H and O–H groups in total. The van der Waals surface area contributed by atoms with E-state index in [1.807, 2.05) is 43.6 Å². The highest BCUT2D eigenvalue weighted by molar-refractivity contribution is 6.15. The van der Waals surface area contributed by atoms with Gasteiger partial charge >= 0.3 is 0 Å². The molecule has 3 heterocycles. The molecule has 0 fully saturated rings. The molecule has 0 radical (unpaired) electrons. The SMILES string of the molecule is C=C/C=C(\N=CC)c1ccc2[nH]c3c4c5c(cc3c2c1)CCc1cc2c3cc(-c6ccccn6)ccc3n(C/C=C\C=C/N)c2c(c1-5)CC4. The number of nitrogens with zero attached hydrogens (tertiary/aromatic N) is 3. The maximum atomic E-state index is 5.67. The summed E-state index contributed by atoms with van der Waals surface area (Å²) in [6.45, 7) is 6.63. The van der Waals surface area contributed by atoms with Crippen molar-refractivity contribution in [1.29, 1.82) is 0 Å². The number of aromatic amines is 1. The number of hydrogen-bond donors (Lipinski definition) is 2. The third kappa shape index (κ3) is 4.53. The normalized spacial score (nSPS) is 14.4. The number of hydrogen-bond acceptors (Lipinski definition) is 3. The molecule has 3 aromatic heterocycles. The minimum Gasteiger partial charge on any atom is -0.405 e. The molecule has 0 bridgehead atoms. The number of aliphatic imine (C=N–C) groups is 1. The Kier molecular flexibility index (Phi) is 6.94. The lowest BCUT2D eigenvalue weighted by atomic mass is 9.74. The summed E-state index contributed by atoms with van der Waals surface area (Å²) in [5, 5.41) is 5.19. The second-order valence-electron chi connectivity index (χ2n) is 13.0. The molecule has 9 rings (SSSR count). The summed E-state index contributed by atoms with van der Waals surface area (Å²) in [6, 6.07) is 24.6. The third-order valence-electron chi connectivity index (χ3n) is 10.4. The predicted octanol–water partition coefficient (Wildman–Crippen LogP) is 10.0. The number of aromatic nitrogens is 3. The van der Waals surface area contributed by atoms with E-state index < -0.39 is 0 Å². The van der Waals surface area contributed by atoms with Crippen molar-refractivity contribution in [3.63, 3.8) is 0 Å². The molecule has 2 aliphatic carbocycles. The molecular weight excluding hydrogens is 599 g/mol. The standard InChI is InChI=1S/C44H37N5/c1-3-10-37(46-4-2)27-14-18-39-33(23-27)35-25-29-12-13-30-26-36-34-24-28(38-11-6-8-21-47-38)15-19-40(34)49(22-9-5-7-20-45)44(36)32-17-16-31(43(35)48-39)41(29)42(30)32/h3-11,14-15,18-21,23-26,48H,1,12-13,16-17,22,45H2,2H3/b9-5-,20-7-,37-10-,46-4?. The van der Waals surface area contributed by atoms with Gasteiger partial charge in [0.2, 0.25) is 0 Å². The first-order valence-corrected chi connectivity index (χ1v) is 17.2. The Hall–Kier alpha value is -5.94. The van der Waals surface area contributed by atoms with Crippen LogP contribution in [0.1, 0.15) is 34.7 Å². The van der Waals surface area contributed by atoms with E-state index in [9.17, 15) is 0 Å². The van der Waals surface area contributed by atoms with Gasteiger partial charge in [0.25, 0.3) is 0 Å². The molecule has 0 aliphatic heterocycles. The summed E-state index contributed by atoms with van der Waals surface area (Å²) in [6.07, 6.45) is 19.3. The van der Waals surface area contributed by atoms with Crippen molar-refractivity contribution < 1.29 is 0 Å². The molecule has 7 aromatic rings. The molecule has 0 atom stereocenters. The summed E-state index contributed by atoms with van der Waals surface area (Å²) in [5.74, 6) is 0. The lowest BCUT2D eigenvalue weighted by Gasteiger charge is -2.31. The quantitative estimate of drug-likeness (QED) is 0.135. The van der Waals surface area contributed by atoms with Crippen molar-refractivity contribution in [3.05, 3.63) is 144 Å².